The minimum absolute atomic E-state index is 0.0321. The number of rotatable bonds is 10. The molecule has 0 bridgehead atoms. The van der Waals surface area contributed by atoms with Crippen LogP contribution < -0.4 is 10.6 Å². The van der Waals surface area contributed by atoms with E-state index in [9.17, 15) is 13.2 Å². The van der Waals surface area contributed by atoms with E-state index in [4.69, 9.17) is 9.15 Å². The van der Waals surface area contributed by atoms with Gasteiger partial charge in [0.15, 0.2) is 5.96 Å². The fourth-order valence-corrected chi connectivity index (χ4v) is 2.74. The predicted molar refractivity (Wildman–Crippen MR) is 111 cm³/mol. The maximum absolute atomic E-state index is 12.9. The van der Waals surface area contributed by atoms with Crippen LogP contribution >= 0.6 is 0 Å². The van der Waals surface area contributed by atoms with Crippen LogP contribution in [0.25, 0.3) is 0 Å². The maximum Gasteiger partial charge on any atom is 0.416 e. The van der Waals surface area contributed by atoms with Gasteiger partial charge in [-0.15, -0.1) is 0 Å². The lowest BCUT2D eigenvalue weighted by Gasteiger charge is -2.26. The highest BCUT2D eigenvalue weighted by Crippen LogP contribution is 2.29. The molecular weight excluding hydrogens is 395 g/mol. The standard InChI is InChI=1S/C22H30F3N3O2/c1-21(2,10-13-29-3)16-28-20(26-11-9-19-8-5-12-30-19)27-15-17-6-4-7-18(14-17)22(23,24)25/h4-8,12,14H,9-11,13,15-16H2,1-3H3,(H2,26,27,28). The van der Waals surface area contributed by atoms with Gasteiger partial charge in [-0.05, 0) is 41.7 Å². The highest BCUT2D eigenvalue weighted by atomic mass is 19.4. The summed E-state index contributed by atoms with van der Waals surface area (Å²) in [6, 6.07) is 8.95. The van der Waals surface area contributed by atoms with Crippen LogP contribution in [0.4, 0.5) is 13.2 Å². The third kappa shape index (κ3) is 8.49. The van der Waals surface area contributed by atoms with Crippen molar-refractivity contribution in [3.05, 3.63) is 59.5 Å². The van der Waals surface area contributed by atoms with Crippen LogP contribution in [-0.2, 0) is 23.9 Å². The Morgan fingerprint density at radius 2 is 1.93 bits per heavy atom. The third-order valence-electron chi connectivity index (χ3n) is 4.64. The van der Waals surface area contributed by atoms with Crippen LogP contribution in [0.3, 0.4) is 0 Å². The van der Waals surface area contributed by atoms with Gasteiger partial charge in [-0.1, -0.05) is 26.0 Å². The maximum atomic E-state index is 12.9. The van der Waals surface area contributed by atoms with Crippen LogP contribution in [0.2, 0.25) is 0 Å². The van der Waals surface area contributed by atoms with Gasteiger partial charge in [0.2, 0.25) is 0 Å². The van der Waals surface area contributed by atoms with Gasteiger partial charge >= 0.3 is 6.18 Å². The molecule has 1 heterocycles. The first-order chi connectivity index (χ1) is 14.2. The Labute approximate surface area is 175 Å². The van der Waals surface area contributed by atoms with Crippen molar-refractivity contribution in [1.29, 1.82) is 0 Å². The molecule has 8 heteroatoms. The first-order valence-corrected chi connectivity index (χ1v) is 9.89. The van der Waals surface area contributed by atoms with E-state index in [1.807, 2.05) is 12.1 Å². The average molecular weight is 425 g/mol. The van der Waals surface area contributed by atoms with Crippen molar-refractivity contribution in [1.82, 2.24) is 10.6 Å². The SMILES string of the molecule is COCCC(C)(C)CNC(=NCc1cccc(C(F)(F)F)c1)NCCc1ccco1. The average Bonchev–Trinajstić information content (AvgIpc) is 3.21. The largest absolute Gasteiger partial charge is 0.469 e. The van der Waals surface area contributed by atoms with Gasteiger partial charge < -0.3 is 19.8 Å². The molecule has 2 N–H and O–H groups in total. The van der Waals surface area contributed by atoms with Crippen molar-refractivity contribution in [3.63, 3.8) is 0 Å². The molecule has 166 valence electrons. The van der Waals surface area contributed by atoms with Crippen molar-refractivity contribution < 1.29 is 22.3 Å². The number of nitrogens with zero attached hydrogens (tertiary/aromatic N) is 1. The van der Waals surface area contributed by atoms with Crippen molar-refractivity contribution in [2.45, 2.75) is 39.4 Å². The van der Waals surface area contributed by atoms with Gasteiger partial charge in [0.1, 0.15) is 5.76 Å². The van der Waals surface area contributed by atoms with Gasteiger partial charge in [0.25, 0.3) is 0 Å². The molecule has 5 nitrogen and oxygen atoms in total. The van der Waals surface area contributed by atoms with Crippen molar-refractivity contribution in [3.8, 4) is 0 Å². The zero-order valence-electron chi connectivity index (χ0n) is 17.7. The molecule has 2 rings (SSSR count). The van der Waals surface area contributed by atoms with E-state index >= 15 is 0 Å². The summed E-state index contributed by atoms with van der Waals surface area (Å²) in [5, 5.41) is 6.52. The van der Waals surface area contributed by atoms with E-state index in [-0.39, 0.29) is 12.0 Å². The number of hydrogen-bond donors (Lipinski definition) is 2. The molecule has 0 saturated carbocycles. The quantitative estimate of drug-likeness (QED) is 0.430. The topological polar surface area (TPSA) is 58.8 Å². The number of benzene rings is 1. The predicted octanol–water partition coefficient (Wildman–Crippen LogP) is 4.64. The second-order valence-corrected chi connectivity index (χ2v) is 7.88. The minimum atomic E-state index is -4.37. The number of halogens is 3. The Hall–Kier alpha value is -2.48. The van der Waals surface area contributed by atoms with Crippen LogP contribution in [0.1, 0.15) is 37.2 Å². The van der Waals surface area contributed by atoms with E-state index in [1.165, 1.54) is 6.07 Å². The molecule has 0 spiro atoms. The highest BCUT2D eigenvalue weighted by Gasteiger charge is 2.30. The van der Waals surface area contributed by atoms with E-state index in [1.54, 1.807) is 19.4 Å². The first-order valence-electron chi connectivity index (χ1n) is 9.89. The molecule has 0 radical (unpaired) electrons. The van der Waals surface area contributed by atoms with Gasteiger partial charge in [-0.2, -0.15) is 13.2 Å². The highest BCUT2D eigenvalue weighted by molar-refractivity contribution is 5.79. The Balaban J connectivity index is 2.03. The minimum Gasteiger partial charge on any atom is -0.469 e. The number of nitrogens with one attached hydrogen (secondary N) is 2. The fraction of sp³-hybridized carbons (Fsp3) is 0.500. The second-order valence-electron chi connectivity index (χ2n) is 7.88. The van der Waals surface area contributed by atoms with Gasteiger partial charge in [-0.3, -0.25) is 0 Å². The summed E-state index contributed by atoms with van der Waals surface area (Å²) in [6.07, 6.45) is -1.21. The van der Waals surface area contributed by atoms with Crippen molar-refractivity contribution in [2.75, 3.05) is 26.8 Å². The summed E-state index contributed by atoms with van der Waals surface area (Å²) < 4.78 is 49.3. The van der Waals surface area contributed by atoms with Crippen molar-refractivity contribution >= 4 is 5.96 Å². The molecule has 2 aromatic rings. The summed E-state index contributed by atoms with van der Waals surface area (Å²) >= 11 is 0. The summed E-state index contributed by atoms with van der Waals surface area (Å²) in [7, 11) is 1.67. The number of furan rings is 1. The molecule has 0 unspecified atom stereocenters. The zero-order chi connectivity index (χ0) is 22.0. The van der Waals surface area contributed by atoms with E-state index in [0.717, 1.165) is 24.3 Å². The molecule has 30 heavy (non-hydrogen) atoms. The lowest BCUT2D eigenvalue weighted by Crippen LogP contribution is -2.43. The number of alkyl halides is 3. The molecule has 0 aliphatic rings. The molecule has 0 saturated heterocycles. The number of ether oxygens (including phenoxy) is 1. The molecule has 0 fully saturated rings. The van der Waals surface area contributed by atoms with Gasteiger partial charge in [0.05, 0.1) is 18.4 Å². The van der Waals surface area contributed by atoms with E-state index < -0.39 is 11.7 Å². The number of guanidine groups is 1. The van der Waals surface area contributed by atoms with E-state index in [2.05, 4.69) is 29.5 Å². The van der Waals surface area contributed by atoms with Crippen LogP contribution in [-0.4, -0.2) is 32.8 Å². The second kappa shape index (κ2) is 11.1. The van der Waals surface area contributed by atoms with Crippen LogP contribution in [0, 0.1) is 5.41 Å². The normalized spacial score (nSPS) is 12.8. The molecule has 1 aromatic heterocycles. The summed E-state index contributed by atoms with van der Waals surface area (Å²) in [5.74, 6) is 1.39. The molecular formula is C22H30F3N3O2. The first kappa shape index (κ1) is 23.8. The van der Waals surface area contributed by atoms with Gasteiger partial charge in [-0.25, -0.2) is 4.99 Å². The number of hydrogen-bond acceptors (Lipinski definition) is 3. The Morgan fingerprint density at radius 3 is 2.60 bits per heavy atom. The molecule has 0 aliphatic heterocycles. The Bertz CT molecular complexity index is 787. The number of aliphatic imine (C=N–C) groups is 1. The fourth-order valence-electron chi connectivity index (χ4n) is 2.74. The molecule has 0 atom stereocenters. The Kier molecular flexibility index (Phi) is 8.77. The summed E-state index contributed by atoms with van der Waals surface area (Å²) in [5.41, 5.74) is -0.206. The van der Waals surface area contributed by atoms with Crippen molar-refractivity contribution in [2.24, 2.45) is 10.4 Å². The Morgan fingerprint density at radius 1 is 1.13 bits per heavy atom. The summed E-state index contributed by atoms with van der Waals surface area (Å²) in [6.45, 7) is 6.25. The van der Waals surface area contributed by atoms with Gasteiger partial charge in [0, 0.05) is 33.2 Å². The lowest BCUT2D eigenvalue weighted by atomic mass is 9.90. The number of methoxy groups -OCH3 is 1. The lowest BCUT2D eigenvalue weighted by molar-refractivity contribution is -0.137. The van der Waals surface area contributed by atoms with Crippen LogP contribution in [0.5, 0.6) is 0 Å². The third-order valence-corrected chi connectivity index (χ3v) is 4.64. The smallest absolute Gasteiger partial charge is 0.416 e. The molecule has 1 aromatic carbocycles. The summed E-state index contributed by atoms with van der Waals surface area (Å²) in [4.78, 5) is 4.48. The zero-order valence-corrected chi connectivity index (χ0v) is 17.7. The van der Waals surface area contributed by atoms with E-state index in [0.29, 0.717) is 37.6 Å². The molecule has 0 aliphatic carbocycles. The van der Waals surface area contributed by atoms with Crippen LogP contribution in [0.15, 0.2) is 52.1 Å². The monoisotopic (exact) mass is 425 g/mol. The molecule has 0 amide bonds.